The molecule has 0 amide bonds. The van der Waals surface area contributed by atoms with Crippen LogP contribution in [-0.2, 0) is 17.6 Å². The van der Waals surface area contributed by atoms with E-state index >= 15 is 0 Å². The Morgan fingerprint density at radius 1 is 1.45 bits per heavy atom. The Morgan fingerprint density at radius 3 is 3.05 bits per heavy atom. The summed E-state index contributed by atoms with van der Waals surface area (Å²) in [6.45, 7) is 4.43. The fourth-order valence-corrected chi connectivity index (χ4v) is 2.95. The number of rotatable bonds is 8. The monoisotopic (exact) mass is 297 g/mol. The van der Waals surface area contributed by atoms with Crippen molar-refractivity contribution < 1.29 is 9.47 Å². The lowest BCUT2D eigenvalue weighted by Crippen LogP contribution is -2.28. The Labute approximate surface area is 126 Å². The van der Waals surface area contributed by atoms with Crippen LogP contribution in [0, 0.1) is 0 Å². The summed E-state index contributed by atoms with van der Waals surface area (Å²) >= 11 is 6.20. The first-order chi connectivity index (χ1) is 9.74. The molecule has 0 saturated carbocycles. The van der Waals surface area contributed by atoms with Gasteiger partial charge in [0.25, 0.3) is 0 Å². The maximum atomic E-state index is 6.20. The van der Waals surface area contributed by atoms with Crippen LogP contribution < -0.4 is 10.1 Å². The van der Waals surface area contributed by atoms with Crippen molar-refractivity contribution in [3.63, 3.8) is 0 Å². The molecular formula is C16H24ClNO2. The summed E-state index contributed by atoms with van der Waals surface area (Å²) in [5, 5.41) is 4.20. The van der Waals surface area contributed by atoms with Crippen LogP contribution in [0.2, 0.25) is 5.02 Å². The van der Waals surface area contributed by atoms with Crippen LogP contribution in [-0.4, -0.2) is 32.9 Å². The maximum Gasteiger partial charge on any atom is 0.125 e. The number of benzene rings is 1. The minimum absolute atomic E-state index is 0.433. The van der Waals surface area contributed by atoms with Gasteiger partial charge in [-0.1, -0.05) is 11.6 Å². The van der Waals surface area contributed by atoms with Crippen LogP contribution in [0.15, 0.2) is 12.1 Å². The molecule has 112 valence electrons. The molecule has 1 aliphatic rings. The molecule has 0 fully saturated rings. The van der Waals surface area contributed by atoms with Gasteiger partial charge in [0.1, 0.15) is 5.75 Å². The molecule has 0 spiro atoms. The zero-order valence-electron chi connectivity index (χ0n) is 12.4. The van der Waals surface area contributed by atoms with Gasteiger partial charge in [0.15, 0.2) is 0 Å². The van der Waals surface area contributed by atoms with Crippen molar-refractivity contribution in [3.8, 4) is 5.75 Å². The number of nitrogens with one attached hydrogen (secondary N) is 1. The van der Waals surface area contributed by atoms with E-state index in [1.165, 1.54) is 11.1 Å². The predicted octanol–water partition coefficient (Wildman–Crippen LogP) is 3.22. The third kappa shape index (κ3) is 4.11. The molecule has 0 aromatic heterocycles. The van der Waals surface area contributed by atoms with Crippen molar-refractivity contribution in [1.82, 2.24) is 5.32 Å². The summed E-state index contributed by atoms with van der Waals surface area (Å²) in [5.41, 5.74) is 2.47. The second-order valence-corrected chi connectivity index (χ2v) is 5.62. The van der Waals surface area contributed by atoms with Crippen molar-refractivity contribution in [2.45, 2.75) is 38.6 Å². The molecular weight excluding hydrogens is 274 g/mol. The second kappa shape index (κ2) is 7.87. The fraction of sp³-hybridized carbons (Fsp3) is 0.625. The van der Waals surface area contributed by atoms with E-state index in [2.05, 4.69) is 5.32 Å². The van der Waals surface area contributed by atoms with Gasteiger partial charge >= 0.3 is 0 Å². The van der Waals surface area contributed by atoms with Crippen LogP contribution in [0.25, 0.3) is 0 Å². The topological polar surface area (TPSA) is 30.5 Å². The molecule has 0 radical (unpaired) electrons. The van der Waals surface area contributed by atoms with E-state index in [9.17, 15) is 0 Å². The van der Waals surface area contributed by atoms with Crippen molar-refractivity contribution in [2.75, 3.05) is 26.9 Å². The summed E-state index contributed by atoms with van der Waals surface area (Å²) in [4.78, 5) is 0. The normalized spacial score (nSPS) is 14.9. The van der Waals surface area contributed by atoms with Crippen LogP contribution in [0.1, 0.15) is 30.9 Å². The van der Waals surface area contributed by atoms with E-state index < -0.39 is 0 Å². The zero-order valence-corrected chi connectivity index (χ0v) is 13.1. The van der Waals surface area contributed by atoms with Crippen molar-refractivity contribution in [3.05, 3.63) is 28.3 Å². The Balaban J connectivity index is 1.97. The molecule has 1 aliphatic heterocycles. The maximum absolute atomic E-state index is 6.20. The van der Waals surface area contributed by atoms with E-state index in [0.29, 0.717) is 6.04 Å². The van der Waals surface area contributed by atoms with E-state index in [-0.39, 0.29) is 0 Å². The Morgan fingerprint density at radius 2 is 2.30 bits per heavy atom. The minimum Gasteiger partial charge on any atom is -0.493 e. The summed E-state index contributed by atoms with van der Waals surface area (Å²) < 4.78 is 11.2. The van der Waals surface area contributed by atoms with Crippen LogP contribution in [0.5, 0.6) is 5.75 Å². The van der Waals surface area contributed by atoms with Crippen LogP contribution in [0.4, 0.5) is 0 Å². The highest BCUT2D eigenvalue weighted by atomic mass is 35.5. The SMILES string of the molecule is CCOCCCC(Cc1cc(Cl)cc2c1OCC2)NC. The summed E-state index contributed by atoms with van der Waals surface area (Å²) in [6, 6.07) is 4.50. The fourth-order valence-electron chi connectivity index (χ4n) is 2.69. The van der Waals surface area contributed by atoms with E-state index in [0.717, 1.165) is 56.3 Å². The average molecular weight is 298 g/mol. The Bertz CT molecular complexity index is 437. The van der Waals surface area contributed by atoms with E-state index in [1.807, 2.05) is 26.1 Å². The molecule has 0 saturated heterocycles. The number of hydrogen-bond donors (Lipinski definition) is 1. The van der Waals surface area contributed by atoms with Gasteiger partial charge in [0, 0.05) is 30.7 Å². The van der Waals surface area contributed by atoms with Gasteiger partial charge in [-0.25, -0.2) is 0 Å². The van der Waals surface area contributed by atoms with Crippen molar-refractivity contribution >= 4 is 11.6 Å². The molecule has 4 heteroatoms. The standard InChI is InChI=1S/C16H24ClNO2/c1-3-19-7-4-5-15(18-2)11-13-10-14(17)9-12-6-8-20-16(12)13/h9-10,15,18H,3-8,11H2,1-2H3. The Hall–Kier alpha value is -0.770. The molecule has 0 aliphatic carbocycles. The first kappa shape index (κ1) is 15.6. The van der Waals surface area contributed by atoms with Crippen LogP contribution >= 0.6 is 11.6 Å². The molecule has 3 nitrogen and oxygen atoms in total. The number of ether oxygens (including phenoxy) is 2. The highest BCUT2D eigenvalue weighted by Crippen LogP contribution is 2.33. The highest BCUT2D eigenvalue weighted by Gasteiger charge is 2.19. The molecule has 1 unspecified atom stereocenters. The average Bonchev–Trinajstić information content (AvgIpc) is 2.90. The van der Waals surface area contributed by atoms with Gasteiger partial charge < -0.3 is 14.8 Å². The smallest absolute Gasteiger partial charge is 0.125 e. The quantitative estimate of drug-likeness (QED) is 0.747. The summed E-state index contributed by atoms with van der Waals surface area (Å²) in [6.07, 6.45) is 4.09. The van der Waals surface area contributed by atoms with Crippen LogP contribution in [0.3, 0.4) is 0 Å². The highest BCUT2D eigenvalue weighted by molar-refractivity contribution is 6.30. The van der Waals surface area contributed by atoms with Gasteiger partial charge in [-0.05, 0) is 56.5 Å². The van der Waals surface area contributed by atoms with E-state index in [4.69, 9.17) is 21.1 Å². The molecule has 1 heterocycles. The van der Waals surface area contributed by atoms with Gasteiger partial charge in [-0.3, -0.25) is 0 Å². The number of likely N-dealkylation sites (N-methyl/N-ethyl adjacent to an activating group) is 1. The molecule has 20 heavy (non-hydrogen) atoms. The molecule has 0 bridgehead atoms. The number of hydrogen-bond acceptors (Lipinski definition) is 3. The molecule has 2 rings (SSSR count). The summed E-state index contributed by atoms with van der Waals surface area (Å²) in [5.74, 6) is 1.06. The lowest BCUT2D eigenvalue weighted by molar-refractivity contribution is 0.141. The van der Waals surface area contributed by atoms with Gasteiger partial charge in [-0.2, -0.15) is 0 Å². The third-order valence-electron chi connectivity index (χ3n) is 3.75. The largest absolute Gasteiger partial charge is 0.493 e. The molecule has 1 aromatic rings. The summed E-state index contributed by atoms with van der Waals surface area (Å²) in [7, 11) is 2.01. The van der Waals surface area contributed by atoms with E-state index in [1.54, 1.807) is 0 Å². The second-order valence-electron chi connectivity index (χ2n) is 5.18. The first-order valence-corrected chi connectivity index (χ1v) is 7.81. The Kier molecular flexibility index (Phi) is 6.14. The van der Waals surface area contributed by atoms with Gasteiger partial charge in [0.05, 0.1) is 6.61 Å². The predicted molar refractivity (Wildman–Crippen MR) is 82.9 cm³/mol. The lowest BCUT2D eigenvalue weighted by Gasteiger charge is -2.18. The molecule has 1 aromatic carbocycles. The van der Waals surface area contributed by atoms with Gasteiger partial charge in [-0.15, -0.1) is 0 Å². The lowest BCUT2D eigenvalue weighted by atomic mass is 9.99. The molecule has 1 atom stereocenters. The minimum atomic E-state index is 0.433. The van der Waals surface area contributed by atoms with Crippen molar-refractivity contribution in [1.29, 1.82) is 0 Å². The molecule has 1 N–H and O–H groups in total. The third-order valence-corrected chi connectivity index (χ3v) is 3.96. The van der Waals surface area contributed by atoms with Gasteiger partial charge in [0.2, 0.25) is 0 Å². The first-order valence-electron chi connectivity index (χ1n) is 7.43. The zero-order chi connectivity index (χ0) is 14.4. The number of fused-ring (bicyclic) bond motifs is 1. The van der Waals surface area contributed by atoms with Crippen molar-refractivity contribution in [2.24, 2.45) is 0 Å². The number of halogens is 1.